The van der Waals surface area contributed by atoms with Crippen LogP contribution in [0.5, 0.6) is 0 Å². The Morgan fingerprint density at radius 1 is 1.23 bits per heavy atom. The summed E-state index contributed by atoms with van der Waals surface area (Å²) in [5, 5.41) is 17.1. The van der Waals surface area contributed by atoms with E-state index in [4.69, 9.17) is 0 Å². The Morgan fingerprint density at radius 2 is 2.03 bits per heavy atom. The van der Waals surface area contributed by atoms with Gasteiger partial charge in [0.25, 0.3) is 0 Å². The van der Waals surface area contributed by atoms with Crippen molar-refractivity contribution in [2.24, 2.45) is 5.92 Å². The second-order valence-electron chi connectivity index (χ2n) is 7.49. The van der Waals surface area contributed by atoms with Crippen LogP contribution < -0.4 is 10.2 Å². The lowest BCUT2D eigenvalue weighted by molar-refractivity contribution is -0.126. The molecule has 1 aliphatic heterocycles. The van der Waals surface area contributed by atoms with Crippen molar-refractivity contribution in [2.75, 3.05) is 18.0 Å². The van der Waals surface area contributed by atoms with E-state index in [9.17, 15) is 9.59 Å². The minimum atomic E-state index is -0.376. The molecule has 3 heterocycles. The zero-order chi connectivity index (χ0) is 21.1. The lowest BCUT2D eigenvalue weighted by Crippen LogP contribution is -2.35. The molecule has 0 radical (unpaired) electrons. The maximum atomic E-state index is 12.5. The molecule has 1 aromatic carbocycles. The molecule has 2 amide bonds. The van der Waals surface area contributed by atoms with E-state index >= 15 is 0 Å². The van der Waals surface area contributed by atoms with Crippen molar-refractivity contribution < 1.29 is 9.59 Å². The molecule has 0 aliphatic carbocycles. The molecule has 1 aliphatic rings. The highest BCUT2D eigenvalue weighted by molar-refractivity contribution is 7.15. The van der Waals surface area contributed by atoms with Gasteiger partial charge in [-0.05, 0) is 25.5 Å². The number of anilines is 1. The van der Waals surface area contributed by atoms with Crippen molar-refractivity contribution in [3.05, 3.63) is 58.4 Å². The molecule has 30 heavy (non-hydrogen) atoms. The Kier molecular flexibility index (Phi) is 5.89. The topological polar surface area (TPSA) is 93.0 Å². The number of amides is 2. The molecule has 0 spiro atoms. The van der Waals surface area contributed by atoms with Crippen LogP contribution in [0.4, 0.5) is 5.13 Å². The predicted molar refractivity (Wildman–Crippen MR) is 114 cm³/mol. The quantitative estimate of drug-likeness (QED) is 0.627. The van der Waals surface area contributed by atoms with E-state index in [0.717, 1.165) is 22.0 Å². The van der Waals surface area contributed by atoms with E-state index in [1.54, 1.807) is 4.90 Å². The zero-order valence-electron chi connectivity index (χ0n) is 17.0. The van der Waals surface area contributed by atoms with Gasteiger partial charge in [-0.3, -0.25) is 19.2 Å². The van der Waals surface area contributed by atoms with Crippen LogP contribution in [-0.2, 0) is 22.6 Å². The Hall–Kier alpha value is -3.07. The van der Waals surface area contributed by atoms with Crippen LogP contribution in [0.3, 0.4) is 0 Å². The first kappa shape index (κ1) is 20.2. The van der Waals surface area contributed by atoms with E-state index in [2.05, 4.69) is 20.6 Å². The number of hydrogen-bond acceptors (Lipinski definition) is 6. The van der Waals surface area contributed by atoms with Gasteiger partial charge in [0, 0.05) is 31.6 Å². The lowest BCUT2D eigenvalue weighted by atomic mass is 10.1. The zero-order valence-corrected chi connectivity index (χ0v) is 17.9. The number of aromatic nitrogens is 4. The summed E-state index contributed by atoms with van der Waals surface area (Å²) in [5.74, 6) is -0.572. The van der Waals surface area contributed by atoms with Gasteiger partial charge in [0.05, 0.1) is 18.2 Å². The molecule has 0 saturated carbocycles. The van der Waals surface area contributed by atoms with E-state index in [0.29, 0.717) is 31.2 Å². The number of benzene rings is 1. The van der Waals surface area contributed by atoms with Gasteiger partial charge in [-0.15, -0.1) is 10.2 Å². The van der Waals surface area contributed by atoms with Crippen molar-refractivity contribution >= 4 is 28.3 Å². The van der Waals surface area contributed by atoms with Crippen molar-refractivity contribution in [1.29, 1.82) is 0 Å². The Bertz CT molecular complexity index is 1040. The number of rotatable bonds is 7. The Morgan fingerprint density at radius 3 is 2.77 bits per heavy atom. The normalized spacial score (nSPS) is 16.3. The smallest absolute Gasteiger partial charge is 0.229 e. The van der Waals surface area contributed by atoms with Crippen LogP contribution >= 0.6 is 11.3 Å². The van der Waals surface area contributed by atoms with E-state index in [1.165, 1.54) is 11.3 Å². The first-order valence-electron chi connectivity index (χ1n) is 9.95. The van der Waals surface area contributed by atoms with E-state index in [-0.39, 0.29) is 24.2 Å². The third kappa shape index (κ3) is 4.56. The molecule has 1 unspecified atom stereocenters. The molecular weight excluding hydrogens is 400 g/mol. The molecule has 1 fully saturated rings. The number of hydrogen-bond donors (Lipinski definition) is 1. The van der Waals surface area contributed by atoms with Gasteiger partial charge in [0.1, 0.15) is 5.01 Å². The van der Waals surface area contributed by atoms with Gasteiger partial charge >= 0.3 is 0 Å². The van der Waals surface area contributed by atoms with E-state index < -0.39 is 0 Å². The molecule has 2 aromatic heterocycles. The van der Waals surface area contributed by atoms with Crippen LogP contribution in [0.25, 0.3) is 0 Å². The highest BCUT2D eigenvalue weighted by Crippen LogP contribution is 2.28. The van der Waals surface area contributed by atoms with Gasteiger partial charge in [-0.25, -0.2) is 0 Å². The Labute approximate surface area is 178 Å². The fourth-order valence-corrected chi connectivity index (χ4v) is 4.49. The maximum Gasteiger partial charge on any atom is 0.229 e. The van der Waals surface area contributed by atoms with Crippen LogP contribution in [0.2, 0.25) is 0 Å². The summed E-state index contributed by atoms with van der Waals surface area (Å²) in [5.41, 5.74) is 3.17. The molecule has 1 saturated heterocycles. The van der Waals surface area contributed by atoms with Gasteiger partial charge in [-0.1, -0.05) is 41.7 Å². The predicted octanol–water partition coefficient (Wildman–Crippen LogP) is 2.11. The minimum Gasteiger partial charge on any atom is -0.354 e. The molecule has 8 nitrogen and oxygen atoms in total. The summed E-state index contributed by atoms with van der Waals surface area (Å²) in [7, 11) is 0. The third-order valence-corrected chi connectivity index (χ3v) is 6.05. The van der Waals surface area contributed by atoms with Gasteiger partial charge in [0.2, 0.25) is 16.9 Å². The molecule has 0 bridgehead atoms. The molecule has 3 aromatic rings. The molecule has 156 valence electrons. The number of aryl methyl sites for hydroxylation is 2. The van der Waals surface area contributed by atoms with Crippen LogP contribution in [0.15, 0.2) is 36.4 Å². The number of carbonyl (C=O) groups is 2. The van der Waals surface area contributed by atoms with Crippen molar-refractivity contribution in [3.63, 3.8) is 0 Å². The fraction of sp³-hybridized carbons (Fsp3) is 0.381. The van der Waals surface area contributed by atoms with Crippen molar-refractivity contribution in [1.82, 2.24) is 25.3 Å². The lowest BCUT2D eigenvalue weighted by Gasteiger charge is -2.13. The first-order chi connectivity index (χ1) is 14.5. The van der Waals surface area contributed by atoms with Crippen LogP contribution in [0, 0.1) is 19.8 Å². The van der Waals surface area contributed by atoms with Crippen molar-refractivity contribution in [2.45, 2.75) is 33.2 Å². The summed E-state index contributed by atoms with van der Waals surface area (Å²) in [6.07, 6.45) is 0.871. The fourth-order valence-electron chi connectivity index (χ4n) is 3.59. The molecular formula is C21H24N6O2S. The minimum absolute atomic E-state index is 0.0869. The number of nitrogens with one attached hydrogen (secondary N) is 1. The van der Waals surface area contributed by atoms with E-state index in [1.807, 2.05) is 54.9 Å². The Balaban J connectivity index is 1.31. The largest absolute Gasteiger partial charge is 0.354 e. The summed E-state index contributed by atoms with van der Waals surface area (Å²) >= 11 is 1.40. The van der Waals surface area contributed by atoms with Crippen LogP contribution in [0.1, 0.15) is 28.4 Å². The molecule has 9 heteroatoms. The van der Waals surface area contributed by atoms with Crippen LogP contribution in [-0.4, -0.2) is 44.9 Å². The average molecular weight is 425 g/mol. The highest BCUT2D eigenvalue weighted by Gasteiger charge is 2.36. The second kappa shape index (κ2) is 8.74. The highest BCUT2D eigenvalue weighted by atomic mass is 32.1. The SMILES string of the molecule is Cc1cc(C)n(CCNC(=O)C2CC(=O)N(c3nnc(Cc4ccccc4)s3)C2)n1. The third-order valence-electron chi connectivity index (χ3n) is 5.11. The first-order valence-corrected chi connectivity index (χ1v) is 10.8. The maximum absolute atomic E-state index is 12.5. The summed E-state index contributed by atoms with van der Waals surface area (Å²) in [4.78, 5) is 26.6. The van der Waals surface area contributed by atoms with Gasteiger partial charge in [-0.2, -0.15) is 5.10 Å². The number of carbonyl (C=O) groups excluding carboxylic acids is 2. The second-order valence-corrected chi connectivity index (χ2v) is 8.53. The summed E-state index contributed by atoms with van der Waals surface area (Å²) in [6, 6.07) is 12.0. The van der Waals surface area contributed by atoms with Gasteiger partial charge < -0.3 is 5.32 Å². The molecule has 4 rings (SSSR count). The summed E-state index contributed by atoms with van der Waals surface area (Å²) in [6.45, 7) is 5.36. The van der Waals surface area contributed by atoms with Gasteiger partial charge in [0.15, 0.2) is 0 Å². The molecule has 1 atom stereocenters. The standard InChI is InChI=1S/C21H24N6O2S/c1-14-10-15(2)27(25-14)9-8-22-20(29)17-12-19(28)26(13-17)21-24-23-18(30-21)11-16-6-4-3-5-7-16/h3-7,10,17H,8-9,11-13H2,1-2H3,(H,22,29). The number of nitrogens with zero attached hydrogens (tertiary/aromatic N) is 5. The summed E-state index contributed by atoms with van der Waals surface area (Å²) < 4.78 is 1.87. The average Bonchev–Trinajstić information content (AvgIpc) is 3.41. The molecule has 1 N–H and O–H groups in total. The van der Waals surface area contributed by atoms with Crippen molar-refractivity contribution in [3.8, 4) is 0 Å². The monoisotopic (exact) mass is 424 g/mol.